The average Bonchev–Trinajstić information content (AvgIpc) is 3.20. The molecule has 1 atom stereocenters. The number of ether oxygens (including phenoxy) is 2. The molecule has 19 heavy (non-hydrogen) atoms. The molecule has 0 aromatic rings. The maximum atomic E-state index is 11.8. The number of carbonyl (C=O) groups excluding carboxylic acids is 1. The topological polar surface area (TPSA) is 47.6 Å². The van der Waals surface area contributed by atoms with Crippen molar-refractivity contribution in [1.29, 1.82) is 0 Å². The Labute approximate surface area is 117 Å². The SMILES string of the molecule is CCCCCCCOCC(C)(NC1CC1)C(=O)OC. The van der Waals surface area contributed by atoms with Gasteiger partial charge in [-0.25, -0.2) is 4.79 Å². The second-order valence-electron chi connectivity index (χ2n) is 5.71. The fourth-order valence-electron chi connectivity index (χ4n) is 2.15. The van der Waals surface area contributed by atoms with Gasteiger partial charge in [-0.05, 0) is 26.2 Å². The van der Waals surface area contributed by atoms with Gasteiger partial charge in [0.1, 0.15) is 5.54 Å². The van der Waals surface area contributed by atoms with Gasteiger partial charge in [0.15, 0.2) is 0 Å². The molecule has 1 rings (SSSR count). The summed E-state index contributed by atoms with van der Waals surface area (Å²) in [5.41, 5.74) is -0.695. The van der Waals surface area contributed by atoms with Crippen LogP contribution in [-0.2, 0) is 14.3 Å². The van der Waals surface area contributed by atoms with Crippen LogP contribution in [0.15, 0.2) is 0 Å². The van der Waals surface area contributed by atoms with E-state index in [1.165, 1.54) is 32.8 Å². The predicted molar refractivity (Wildman–Crippen MR) is 76.2 cm³/mol. The average molecular weight is 271 g/mol. The van der Waals surface area contributed by atoms with Crippen LogP contribution in [0.3, 0.4) is 0 Å². The quantitative estimate of drug-likeness (QED) is 0.463. The maximum Gasteiger partial charge on any atom is 0.328 e. The van der Waals surface area contributed by atoms with Crippen molar-refractivity contribution >= 4 is 5.97 Å². The number of esters is 1. The smallest absolute Gasteiger partial charge is 0.328 e. The standard InChI is InChI=1S/C15H29NO3/c1-4-5-6-7-8-11-19-12-15(2,14(17)18-3)16-13-9-10-13/h13,16H,4-12H2,1-3H3. The molecule has 0 aromatic carbocycles. The number of hydrogen-bond donors (Lipinski definition) is 1. The zero-order valence-electron chi connectivity index (χ0n) is 12.7. The van der Waals surface area contributed by atoms with Crippen LogP contribution in [-0.4, -0.2) is 37.9 Å². The largest absolute Gasteiger partial charge is 0.468 e. The van der Waals surface area contributed by atoms with Gasteiger partial charge in [0.2, 0.25) is 0 Å². The third kappa shape index (κ3) is 6.39. The van der Waals surface area contributed by atoms with Crippen LogP contribution >= 0.6 is 0 Å². The summed E-state index contributed by atoms with van der Waals surface area (Å²) in [6, 6.07) is 0.456. The van der Waals surface area contributed by atoms with Gasteiger partial charge >= 0.3 is 5.97 Å². The summed E-state index contributed by atoms with van der Waals surface area (Å²) in [6.07, 6.45) is 8.39. The number of carbonyl (C=O) groups is 1. The number of nitrogens with one attached hydrogen (secondary N) is 1. The molecule has 1 fully saturated rings. The van der Waals surface area contributed by atoms with E-state index in [0.717, 1.165) is 25.9 Å². The third-order valence-electron chi connectivity index (χ3n) is 3.52. The fourth-order valence-corrected chi connectivity index (χ4v) is 2.15. The first kappa shape index (κ1) is 16.4. The molecule has 112 valence electrons. The van der Waals surface area contributed by atoms with E-state index in [4.69, 9.17) is 9.47 Å². The van der Waals surface area contributed by atoms with Gasteiger partial charge in [0, 0.05) is 12.6 Å². The Morgan fingerprint density at radius 1 is 1.26 bits per heavy atom. The third-order valence-corrected chi connectivity index (χ3v) is 3.52. The zero-order chi connectivity index (χ0) is 14.1. The number of hydrogen-bond acceptors (Lipinski definition) is 4. The van der Waals surface area contributed by atoms with Crippen LogP contribution in [0.4, 0.5) is 0 Å². The highest BCUT2D eigenvalue weighted by molar-refractivity contribution is 5.80. The zero-order valence-corrected chi connectivity index (χ0v) is 12.7. The second kappa shape index (κ2) is 8.54. The van der Waals surface area contributed by atoms with Gasteiger partial charge < -0.3 is 9.47 Å². The monoisotopic (exact) mass is 271 g/mol. The molecular formula is C15H29NO3. The molecule has 0 aliphatic heterocycles. The summed E-state index contributed by atoms with van der Waals surface area (Å²) in [6.45, 7) is 5.20. The molecule has 1 aliphatic rings. The van der Waals surface area contributed by atoms with E-state index in [1.54, 1.807) is 0 Å². The van der Waals surface area contributed by atoms with Crippen LogP contribution < -0.4 is 5.32 Å². The Morgan fingerprint density at radius 2 is 1.95 bits per heavy atom. The van der Waals surface area contributed by atoms with Gasteiger partial charge in [0.25, 0.3) is 0 Å². The molecule has 0 aromatic heterocycles. The highest BCUT2D eigenvalue weighted by Crippen LogP contribution is 2.23. The van der Waals surface area contributed by atoms with Crippen molar-refractivity contribution < 1.29 is 14.3 Å². The van der Waals surface area contributed by atoms with Crippen molar-refractivity contribution in [2.24, 2.45) is 0 Å². The minimum absolute atomic E-state index is 0.231. The van der Waals surface area contributed by atoms with Crippen LogP contribution in [0.25, 0.3) is 0 Å². The van der Waals surface area contributed by atoms with Gasteiger partial charge in [-0.15, -0.1) is 0 Å². The van der Waals surface area contributed by atoms with Crippen LogP contribution in [0.2, 0.25) is 0 Å². The Balaban J connectivity index is 2.19. The lowest BCUT2D eigenvalue weighted by atomic mass is 10.0. The lowest BCUT2D eigenvalue weighted by molar-refractivity contribution is -0.150. The highest BCUT2D eigenvalue weighted by Gasteiger charge is 2.39. The van der Waals surface area contributed by atoms with Crippen molar-refractivity contribution in [2.45, 2.75) is 70.4 Å². The van der Waals surface area contributed by atoms with E-state index in [0.29, 0.717) is 12.6 Å². The summed E-state index contributed by atoms with van der Waals surface area (Å²) >= 11 is 0. The van der Waals surface area contributed by atoms with Gasteiger partial charge in [0.05, 0.1) is 13.7 Å². The molecule has 1 aliphatic carbocycles. The molecule has 1 unspecified atom stereocenters. The van der Waals surface area contributed by atoms with Crippen molar-refractivity contribution in [3.8, 4) is 0 Å². The molecule has 0 radical (unpaired) electrons. The first-order valence-corrected chi connectivity index (χ1v) is 7.56. The fraction of sp³-hybridized carbons (Fsp3) is 0.933. The lowest BCUT2D eigenvalue weighted by Crippen LogP contribution is -2.54. The van der Waals surface area contributed by atoms with E-state index in [2.05, 4.69) is 12.2 Å². The van der Waals surface area contributed by atoms with Crippen molar-refractivity contribution in [3.05, 3.63) is 0 Å². The molecule has 0 spiro atoms. The Morgan fingerprint density at radius 3 is 2.53 bits per heavy atom. The number of methoxy groups -OCH3 is 1. The van der Waals surface area contributed by atoms with E-state index in [9.17, 15) is 4.79 Å². The van der Waals surface area contributed by atoms with Crippen LogP contribution in [0.5, 0.6) is 0 Å². The molecule has 0 bridgehead atoms. The van der Waals surface area contributed by atoms with Crippen LogP contribution in [0, 0.1) is 0 Å². The Kier molecular flexibility index (Phi) is 7.39. The molecule has 1 saturated carbocycles. The van der Waals surface area contributed by atoms with E-state index in [1.807, 2.05) is 6.92 Å². The first-order valence-electron chi connectivity index (χ1n) is 7.56. The maximum absolute atomic E-state index is 11.8. The Hall–Kier alpha value is -0.610. The second-order valence-corrected chi connectivity index (χ2v) is 5.71. The predicted octanol–water partition coefficient (Wildman–Crippen LogP) is 2.66. The summed E-state index contributed by atoms with van der Waals surface area (Å²) < 4.78 is 10.5. The molecule has 4 heteroatoms. The number of rotatable bonds is 11. The summed E-state index contributed by atoms with van der Waals surface area (Å²) in [5.74, 6) is -0.231. The molecule has 4 nitrogen and oxygen atoms in total. The molecular weight excluding hydrogens is 242 g/mol. The summed E-state index contributed by atoms with van der Waals surface area (Å²) in [5, 5.41) is 3.33. The minimum atomic E-state index is -0.695. The van der Waals surface area contributed by atoms with Crippen molar-refractivity contribution in [2.75, 3.05) is 20.3 Å². The first-order chi connectivity index (χ1) is 9.12. The van der Waals surface area contributed by atoms with E-state index in [-0.39, 0.29) is 5.97 Å². The normalized spacial score (nSPS) is 18.1. The molecule has 0 heterocycles. The molecule has 0 saturated heterocycles. The van der Waals surface area contributed by atoms with E-state index >= 15 is 0 Å². The minimum Gasteiger partial charge on any atom is -0.468 e. The van der Waals surface area contributed by atoms with Crippen molar-refractivity contribution in [3.63, 3.8) is 0 Å². The highest BCUT2D eigenvalue weighted by atomic mass is 16.5. The summed E-state index contributed by atoms with van der Waals surface area (Å²) in [7, 11) is 1.43. The summed E-state index contributed by atoms with van der Waals surface area (Å²) in [4.78, 5) is 11.8. The molecule has 1 N–H and O–H groups in total. The van der Waals surface area contributed by atoms with Crippen LogP contribution in [0.1, 0.15) is 58.8 Å². The van der Waals surface area contributed by atoms with E-state index < -0.39 is 5.54 Å². The van der Waals surface area contributed by atoms with Gasteiger partial charge in [-0.1, -0.05) is 32.6 Å². The molecule has 0 amide bonds. The lowest BCUT2D eigenvalue weighted by Gasteiger charge is -2.27. The number of unbranched alkanes of at least 4 members (excludes halogenated alkanes) is 4. The van der Waals surface area contributed by atoms with Gasteiger partial charge in [-0.3, -0.25) is 5.32 Å². The van der Waals surface area contributed by atoms with Crippen molar-refractivity contribution in [1.82, 2.24) is 5.32 Å². The Bertz CT molecular complexity index is 266. The van der Waals surface area contributed by atoms with Gasteiger partial charge in [-0.2, -0.15) is 0 Å².